The molecule has 0 saturated carbocycles. The molecule has 2 fully saturated rings. The van der Waals surface area contributed by atoms with Crippen LogP contribution in [0.5, 0.6) is 0 Å². The van der Waals surface area contributed by atoms with E-state index < -0.39 is 10.8 Å². The maximum absolute atomic E-state index is 12.6. The predicted octanol–water partition coefficient (Wildman–Crippen LogP) is 2.56. The quantitative estimate of drug-likeness (QED) is 0.582. The van der Waals surface area contributed by atoms with E-state index in [-0.39, 0.29) is 12.0 Å². The Morgan fingerprint density at radius 1 is 1.03 bits per heavy atom. The minimum Gasteiger partial charge on any atom is -0.381 e. The van der Waals surface area contributed by atoms with Crippen molar-refractivity contribution in [2.45, 2.75) is 49.0 Å². The number of rotatable bonds is 5. The van der Waals surface area contributed by atoms with Crippen molar-refractivity contribution in [2.75, 3.05) is 42.3 Å². The number of pyridine rings is 1. The first-order valence-electron chi connectivity index (χ1n) is 11.9. The lowest BCUT2D eigenvalue weighted by Gasteiger charge is -2.31. The van der Waals surface area contributed by atoms with Gasteiger partial charge in [0.2, 0.25) is 17.7 Å². The van der Waals surface area contributed by atoms with Gasteiger partial charge in [-0.1, -0.05) is 5.16 Å². The van der Waals surface area contributed by atoms with E-state index in [4.69, 9.17) is 19.2 Å². The maximum Gasteiger partial charge on any atom is 0.230 e. The van der Waals surface area contributed by atoms with Crippen LogP contribution in [-0.2, 0) is 22.0 Å². The van der Waals surface area contributed by atoms with Crippen molar-refractivity contribution in [3.05, 3.63) is 36.1 Å². The van der Waals surface area contributed by atoms with E-state index in [0.29, 0.717) is 23.4 Å². The zero-order valence-electron chi connectivity index (χ0n) is 18.9. The van der Waals surface area contributed by atoms with Gasteiger partial charge >= 0.3 is 0 Å². The Bertz CT molecular complexity index is 1170. The molecule has 1 atom stereocenters. The van der Waals surface area contributed by atoms with Crippen molar-refractivity contribution in [1.29, 1.82) is 0 Å². The monoisotopic (exact) mass is 481 g/mol. The highest BCUT2D eigenvalue weighted by Gasteiger charge is 2.31. The molecule has 0 amide bonds. The molecule has 0 spiro atoms. The Morgan fingerprint density at radius 3 is 2.62 bits per heavy atom. The molecule has 6 heterocycles. The number of aryl methyl sites for hydroxylation is 1. The standard InChI is InChI=1S/C23H27N7O3S/c31-34-14-7-18-19(34)21(25-17-5-12-32-13-6-17)28-23(26-18)30-10-3-16(4-11-30)22-27-20(29-33-22)15-1-8-24-9-2-15/h1-2,8-9,16-17H,3-7,10-14H2,(H,25,26,28). The zero-order chi connectivity index (χ0) is 22.9. The molecule has 6 rings (SSSR count). The molecular weight excluding hydrogens is 454 g/mol. The lowest BCUT2D eigenvalue weighted by atomic mass is 9.97. The van der Waals surface area contributed by atoms with Crippen molar-refractivity contribution < 1.29 is 13.5 Å². The number of hydrogen-bond donors (Lipinski definition) is 1. The van der Waals surface area contributed by atoms with Crippen molar-refractivity contribution in [1.82, 2.24) is 25.1 Å². The van der Waals surface area contributed by atoms with E-state index in [2.05, 4.69) is 25.3 Å². The van der Waals surface area contributed by atoms with Gasteiger partial charge in [-0.25, -0.2) is 4.98 Å². The third-order valence-electron chi connectivity index (χ3n) is 6.75. The fourth-order valence-electron chi connectivity index (χ4n) is 4.80. The number of nitrogens with zero attached hydrogens (tertiary/aromatic N) is 6. The van der Waals surface area contributed by atoms with Crippen LogP contribution in [0.2, 0.25) is 0 Å². The van der Waals surface area contributed by atoms with Gasteiger partial charge in [-0.15, -0.1) is 0 Å². The van der Waals surface area contributed by atoms with E-state index >= 15 is 0 Å². The summed E-state index contributed by atoms with van der Waals surface area (Å²) >= 11 is 0. The number of hydrogen-bond acceptors (Lipinski definition) is 10. The number of piperidine rings is 1. The van der Waals surface area contributed by atoms with Crippen LogP contribution in [-0.4, -0.2) is 67.4 Å². The highest BCUT2D eigenvalue weighted by Crippen LogP contribution is 2.34. The van der Waals surface area contributed by atoms with Gasteiger partial charge in [-0.05, 0) is 37.8 Å². The van der Waals surface area contributed by atoms with Gasteiger partial charge in [0, 0.05) is 68.4 Å². The van der Waals surface area contributed by atoms with E-state index in [1.165, 1.54) is 0 Å². The summed E-state index contributed by atoms with van der Waals surface area (Å²) in [6.07, 6.45) is 7.80. The molecule has 0 bridgehead atoms. The first-order chi connectivity index (χ1) is 16.7. The summed E-state index contributed by atoms with van der Waals surface area (Å²) < 4.78 is 23.7. The second-order valence-corrected chi connectivity index (χ2v) is 10.4. The molecule has 3 aromatic rings. The van der Waals surface area contributed by atoms with Crippen LogP contribution >= 0.6 is 0 Å². The SMILES string of the molecule is O=S1CCc2nc(N3CCC(c4nc(-c5ccncc5)no4)CC3)nc(NC3CCOCC3)c21. The molecule has 11 heteroatoms. The molecule has 0 aromatic carbocycles. The van der Waals surface area contributed by atoms with E-state index in [0.717, 1.165) is 80.4 Å². The number of fused-ring (bicyclic) bond motifs is 1. The van der Waals surface area contributed by atoms with E-state index in [9.17, 15) is 4.21 Å². The normalized spacial score (nSPS) is 21.5. The molecule has 10 nitrogen and oxygen atoms in total. The molecule has 0 radical (unpaired) electrons. The molecule has 2 saturated heterocycles. The summed E-state index contributed by atoms with van der Waals surface area (Å²) in [6.45, 7) is 3.09. The van der Waals surface area contributed by atoms with Crippen molar-refractivity contribution in [3.8, 4) is 11.4 Å². The second kappa shape index (κ2) is 9.38. The molecule has 34 heavy (non-hydrogen) atoms. The van der Waals surface area contributed by atoms with Gasteiger partial charge in [0.1, 0.15) is 10.7 Å². The Labute approximate surface area is 200 Å². The molecule has 3 aliphatic heterocycles. The molecule has 1 N–H and O–H groups in total. The largest absolute Gasteiger partial charge is 0.381 e. The Morgan fingerprint density at radius 2 is 1.82 bits per heavy atom. The molecule has 178 valence electrons. The van der Waals surface area contributed by atoms with Gasteiger partial charge in [-0.3, -0.25) is 9.19 Å². The summed E-state index contributed by atoms with van der Waals surface area (Å²) in [7, 11) is -1.04. The molecule has 1 unspecified atom stereocenters. The summed E-state index contributed by atoms with van der Waals surface area (Å²) in [5.41, 5.74) is 1.81. The first kappa shape index (κ1) is 21.6. The highest BCUT2D eigenvalue weighted by molar-refractivity contribution is 7.85. The van der Waals surface area contributed by atoms with Crippen LogP contribution in [0.4, 0.5) is 11.8 Å². The fourth-order valence-corrected chi connectivity index (χ4v) is 6.12. The Hall–Kier alpha value is -2.92. The van der Waals surface area contributed by atoms with Crippen LogP contribution in [0.25, 0.3) is 11.4 Å². The summed E-state index contributed by atoms with van der Waals surface area (Å²) in [5, 5.41) is 7.71. The highest BCUT2D eigenvalue weighted by atomic mass is 32.2. The smallest absolute Gasteiger partial charge is 0.230 e. The molecular formula is C23H27N7O3S. The molecule has 0 aliphatic carbocycles. The topological polar surface area (TPSA) is 119 Å². The van der Waals surface area contributed by atoms with Crippen molar-refractivity contribution in [3.63, 3.8) is 0 Å². The van der Waals surface area contributed by atoms with Crippen molar-refractivity contribution in [2.24, 2.45) is 0 Å². The average molecular weight is 482 g/mol. The van der Waals surface area contributed by atoms with Crippen LogP contribution in [0.15, 0.2) is 33.9 Å². The van der Waals surface area contributed by atoms with Crippen LogP contribution in [0.1, 0.15) is 43.2 Å². The summed E-state index contributed by atoms with van der Waals surface area (Å²) in [6, 6.07) is 4.04. The first-order valence-corrected chi connectivity index (χ1v) is 13.2. The summed E-state index contributed by atoms with van der Waals surface area (Å²) in [5.74, 6) is 3.56. The lowest BCUT2D eigenvalue weighted by molar-refractivity contribution is 0.0903. The van der Waals surface area contributed by atoms with Gasteiger partial charge in [-0.2, -0.15) is 9.97 Å². The zero-order valence-corrected chi connectivity index (χ0v) is 19.7. The fraction of sp³-hybridized carbons (Fsp3) is 0.522. The van der Waals surface area contributed by atoms with Crippen LogP contribution in [0.3, 0.4) is 0 Å². The number of aromatic nitrogens is 5. The Balaban J connectivity index is 1.17. The number of nitrogens with one attached hydrogen (secondary N) is 1. The predicted molar refractivity (Wildman–Crippen MR) is 126 cm³/mol. The average Bonchev–Trinajstić information content (AvgIpc) is 3.53. The minimum absolute atomic E-state index is 0.209. The molecule has 3 aliphatic rings. The van der Waals surface area contributed by atoms with Crippen molar-refractivity contribution >= 4 is 22.6 Å². The van der Waals surface area contributed by atoms with E-state index in [1.54, 1.807) is 12.4 Å². The number of ether oxygens (including phenoxy) is 1. The third-order valence-corrected chi connectivity index (χ3v) is 8.20. The third kappa shape index (κ3) is 4.29. The second-order valence-electron chi connectivity index (χ2n) is 8.93. The van der Waals surface area contributed by atoms with Gasteiger partial charge in [0.05, 0.1) is 16.5 Å². The lowest BCUT2D eigenvalue weighted by Crippen LogP contribution is -2.35. The van der Waals surface area contributed by atoms with Crippen LogP contribution < -0.4 is 10.2 Å². The van der Waals surface area contributed by atoms with Gasteiger partial charge < -0.3 is 19.5 Å². The maximum atomic E-state index is 12.6. The van der Waals surface area contributed by atoms with Crippen LogP contribution in [0, 0.1) is 0 Å². The van der Waals surface area contributed by atoms with Gasteiger partial charge in [0.25, 0.3) is 0 Å². The van der Waals surface area contributed by atoms with Gasteiger partial charge in [0.15, 0.2) is 0 Å². The molecule has 3 aromatic heterocycles. The number of anilines is 2. The summed E-state index contributed by atoms with van der Waals surface area (Å²) in [4.78, 5) is 21.4. The Kier molecular flexibility index (Phi) is 5.96. The minimum atomic E-state index is -1.04. The van der Waals surface area contributed by atoms with E-state index in [1.807, 2.05) is 12.1 Å².